The molecule has 0 spiro atoms. The van der Waals surface area contributed by atoms with E-state index in [-0.39, 0.29) is 16.8 Å². The molecule has 1 amide bonds. The van der Waals surface area contributed by atoms with Gasteiger partial charge in [-0.15, -0.1) is 0 Å². The molecule has 10 heteroatoms. The smallest absolute Gasteiger partial charge is 0.267 e. The summed E-state index contributed by atoms with van der Waals surface area (Å²) in [6, 6.07) is 11.6. The predicted octanol–water partition coefficient (Wildman–Crippen LogP) is 4.29. The Bertz CT molecular complexity index is 1230. The van der Waals surface area contributed by atoms with E-state index in [0.29, 0.717) is 27.3 Å². The van der Waals surface area contributed by atoms with Crippen LogP contribution < -0.4 is 14.6 Å². The number of hydrogen-bond donors (Lipinski definition) is 1. The van der Waals surface area contributed by atoms with Gasteiger partial charge in [0.05, 0.1) is 29.7 Å². The van der Waals surface area contributed by atoms with Gasteiger partial charge in [0.1, 0.15) is 0 Å². The third-order valence-electron chi connectivity index (χ3n) is 5.87. The van der Waals surface area contributed by atoms with Crippen LogP contribution in [0, 0.1) is 0 Å². The zero-order valence-corrected chi connectivity index (χ0v) is 20.7. The van der Waals surface area contributed by atoms with Crippen LogP contribution in [0.2, 0.25) is 0 Å². The molecule has 2 aliphatic rings. The Morgan fingerprint density at radius 3 is 2.32 bits per heavy atom. The second-order valence-electron chi connectivity index (χ2n) is 8.13. The standard InChI is InChI=1S/C24H27N3O5S2/c1-31-20-13-8-16(14-21(20)32-2)15-22-23(28)27(18-6-4-3-5-7-18)24(33-22)26-17-9-11-19(12-10-17)34(25,29)30/h8-15,18H,3-7H2,1-2H3,(H2,25,29,30). The van der Waals surface area contributed by atoms with Crippen LogP contribution in [0.1, 0.15) is 37.7 Å². The normalized spacial score (nSPS) is 19.7. The molecule has 1 saturated carbocycles. The van der Waals surface area contributed by atoms with Gasteiger partial charge in [-0.05, 0) is 72.6 Å². The van der Waals surface area contributed by atoms with Crippen LogP contribution >= 0.6 is 11.8 Å². The topological polar surface area (TPSA) is 111 Å². The van der Waals surface area contributed by atoms with Gasteiger partial charge in [-0.25, -0.2) is 18.5 Å². The van der Waals surface area contributed by atoms with Crippen LogP contribution in [-0.4, -0.2) is 44.7 Å². The second-order valence-corrected chi connectivity index (χ2v) is 10.7. The molecule has 0 atom stereocenters. The lowest BCUT2D eigenvalue weighted by Crippen LogP contribution is -2.40. The number of amidine groups is 1. The summed E-state index contributed by atoms with van der Waals surface area (Å²) in [6.07, 6.45) is 7.01. The fraction of sp³-hybridized carbons (Fsp3) is 0.333. The summed E-state index contributed by atoms with van der Waals surface area (Å²) in [6.45, 7) is 0. The predicted molar refractivity (Wildman–Crippen MR) is 134 cm³/mol. The van der Waals surface area contributed by atoms with Gasteiger partial charge in [0.2, 0.25) is 10.0 Å². The lowest BCUT2D eigenvalue weighted by molar-refractivity contribution is -0.124. The molecular formula is C24H27N3O5S2. The van der Waals surface area contributed by atoms with E-state index in [1.165, 1.54) is 30.3 Å². The zero-order chi connectivity index (χ0) is 24.3. The molecule has 8 nitrogen and oxygen atoms in total. The SMILES string of the molecule is COc1ccc(C=C2SC(=Nc3ccc(S(N)(=O)=O)cc3)N(C3CCCCC3)C2=O)cc1OC. The Hall–Kier alpha value is -2.82. The van der Waals surface area contributed by atoms with Crippen molar-refractivity contribution in [2.45, 2.75) is 43.0 Å². The molecule has 0 aromatic heterocycles. The zero-order valence-electron chi connectivity index (χ0n) is 19.1. The molecule has 0 unspecified atom stereocenters. The number of methoxy groups -OCH3 is 2. The molecule has 1 aliphatic heterocycles. The van der Waals surface area contributed by atoms with Crippen molar-refractivity contribution in [2.24, 2.45) is 10.1 Å². The Morgan fingerprint density at radius 2 is 1.71 bits per heavy atom. The first kappa shape index (κ1) is 24.3. The number of nitrogens with two attached hydrogens (primary N) is 1. The van der Waals surface area contributed by atoms with Crippen molar-refractivity contribution in [1.29, 1.82) is 0 Å². The molecule has 0 bridgehead atoms. The number of aliphatic imine (C=N–C) groups is 1. The van der Waals surface area contributed by atoms with Crippen LogP contribution in [0.3, 0.4) is 0 Å². The van der Waals surface area contributed by atoms with E-state index < -0.39 is 10.0 Å². The number of benzene rings is 2. The van der Waals surface area contributed by atoms with Gasteiger partial charge in [-0.1, -0.05) is 25.3 Å². The number of hydrogen-bond acceptors (Lipinski definition) is 7. The van der Waals surface area contributed by atoms with Crippen LogP contribution in [0.15, 0.2) is 57.3 Å². The molecule has 2 aromatic rings. The van der Waals surface area contributed by atoms with Crippen molar-refractivity contribution in [3.63, 3.8) is 0 Å². The Morgan fingerprint density at radius 1 is 1.03 bits per heavy atom. The second kappa shape index (κ2) is 10.2. The van der Waals surface area contributed by atoms with Crippen molar-refractivity contribution in [3.8, 4) is 11.5 Å². The van der Waals surface area contributed by atoms with E-state index in [0.717, 1.165) is 31.2 Å². The monoisotopic (exact) mass is 501 g/mol. The quantitative estimate of drug-likeness (QED) is 0.591. The first-order valence-corrected chi connectivity index (χ1v) is 13.3. The molecule has 2 fully saturated rings. The number of primary sulfonamides is 1. The average Bonchev–Trinajstić information content (AvgIpc) is 3.13. The number of ether oxygens (including phenoxy) is 2. The average molecular weight is 502 g/mol. The van der Waals surface area contributed by atoms with E-state index in [1.54, 1.807) is 37.3 Å². The van der Waals surface area contributed by atoms with Crippen LogP contribution in [-0.2, 0) is 14.8 Å². The van der Waals surface area contributed by atoms with Gasteiger partial charge >= 0.3 is 0 Å². The summed E-state index contributed by atoms with van der Waals surface area (Å²) in [7, 11) is -0.638. The number of amides is 1. The highest BCUT2D eigenvalue weighted by Crippen LogP contribution is 2.39. The van der Waals surface area contributed by atoms with Crippen LogP contribution in [0.5, 0.6) is 11.5 Å². The summed E-state index contributed by atoms with van der Waals surface area (Å²) in [4.78, 5) is 20.6. The van der Waals surface area contributed by atoms with E-state index in [2.05, 4.69) is 0 Å². The van der Waals surface area contributed by atoms with E-state index in [4.69, 9.17) is 19.6 Å². The van der Waals surface area contributed by atoms with E-state index >= 15 is 0 Å². The lowest BCUT2D eigenvalue weighted by atomic mass is 9.94. The van der Waals surface area contributed by atoms with Gasteiger partial charge in [0.15, 0.2) is 16.7 Å². The van der Waals surface area contributed by atoms with Crippen LogP contribution in [0.4, 0.5) is 5.69 Å². The minimum Gasteiger partial charge on any atom is -0.493 e. The van der Waals surface area contributed by atoms with Crippen LogP contribution in [0.25, 0.3) is 6.08 Å². The molecule has 180 valence electrons. The highest BCUT2D eigenvalue weighted by Gasteiger charge is 2.38. The molecule has 1 heterocycles. The molecule has 0 radical (unpaired) electrons. The van der Waals surface area contributed by atoms with Gasteiger partial charge in [-0.2, -0.15) is 0 Å². The maximum absolute atomic E-state index is 13.5. The molecule has 34 heavy (non-hydrogen) atoms. The molecule has 4 rings (SSSR count). The van der Waals surface area contributed by atoms with Gasteiger partial charge in [0.25, 0.3) is 5.91 Å². The summed E-state index contributed by atoms with van der Waals surface area (Å²) < 4.78 is 33.8. The molecule has 2 aromatic carbocycles. The first-order valence-electron chi connectivity index (χ1n) is 11.0. The number of carbonyl (C=O) groups excluding carboxylic acids is 1. The molecule has 1 saturated heterocycles. The Labute approximate surface area is 203 Å². The van der Waals surface area contributed by atoms with E-state index in [9.17, 15) is 13.2 Å². The van der Waals surface area contributed by atoms with Crippen molar-refractivity contribution in [3.05, 3.63) is 52.9 Å². The number of nitrogens with zero attached hydrogens (tertiary/aromatic N) is 2. The van der Waals surface area contributed by atoms with Crippen molar-refractivity contribution in [2.75, 3.05) is 14.2 Å². The summed E-state index contributed by atoms with van der Waals surface area (Å²) in [5, 5.41) is 5.78. The van der Waals surface area contributed by atoms with Gasteiger partial charge in [0, 0.05) is 6.04 Å². The minimum atomic E-state index is -3.78. The number of rotatable bonds is 6. The van der Waals surface area contributed by atoms with Crippen molar-refractivity contribution < 1.29 is 22.7 Å². The lowest BCUT2D eigenvalue weighted by Gasteiger charge is -2.30. The molecule has 1 aliphatic carbocycles. The largest absolute Gasteiger partial charge is 0.493 e. The fourth-order valence-corrected chi connectivity index (χ4v) is 5.71. The molecule has 2 N–H and O–H groups in total. The number of sulfonamides is 1. The maximum Gasteiger partial charge on any atom is 0.267 e. The fourth-order valence-electron chi connectivity index (χ4n) is 4.14. The maximum atomic E-state index is 13.5. The molecular weight excluding hydrogens is 474 g/mol. The Balaban J connectivity index is 1.69. The highest BCUT2D eigenvalue weighted by atomic mass is 32.2. The number of thioether (sulfide) groups is 1. The van der Waals surface area contributed by atoms with Crippen molar-refractivity contribution >= 4 is 44.6 Å². The first-order chi connectivity index (χ1) is 16.3. The van der Waals surface area contributed by atoms with E-state index in [1.807, 2.05) is 18.2 Å². The van der Waals surface area contributed by atoms with Gasteiger partial charge in [-0.3, -0.25) is 9.69 Å². The Kier molecular flexibility index (Phi) is 7.30. The highest BCUT2D eigenvalue weighted by molar-refractivity contribution is 8.18. The summed E-state index contributed by atoms with van der Waals surface area (Å²) in [5.74, 6) is 1.12. The summed E-state index contributed by atoms with van der Waals surface area (Å²) in [5.41, 5.74) is 1.37. The number of carbonyl (C=O) groups is 1. The minimum absolute atomic E-state index is 0.0183. The summed E-state index contributed by atoms with van der Waals surface area (Å²) >= 11 is 1.32. The third kappa shape index (κ3) is 5.29. The third-order valence-corrected chi connectivity index (χ3v) is 7.78. The van der Waals surface area contributed by atoms with Gasteiger partial charge < -0.3 is 9.47 Å². The van der Waals surface area contributed by atoms with Crippen molar-refractivity contribution in [1.82, 2.24) is 4.90 Å².